The van der Waals surface area contributed by atoms with Gasteiger partial charge < -0.3 is 9.64 Å². The van der Waals surface area contributed by atoms with Crippen LogP contribution in [0.5, 0.6) is 5.75 Å². The average Bonchev–Trinajstić information content (AvgIpc) is 2.71. The van der Waals surface area contributed by atoms with Gasteiger partial charge in [0, 0.05) is 43.0 Å². The SMILES string of the molecule is CC(=O)N1CCC2(CC=CC3=C2C(=O)Cc2ccccc2O3)CC1. The van der Waals surface area contributed by atoms with Crippen molar-refractivity contribution in [3.8, 4) is 5.75 Å². The van der Waals surface area contributed by atoms with Crippen molar-refractivity contribution in [3.63, 3.8) is 0 Å². The minimum Gasteiger partial charge on any atom is -0.457 e. The molecule has 1 fully saturated rings. The molecular formula is C20H21NO3. The van der Waals surface area contributed by atoms with Crippen LogP contribution in [0.4, 0.5) is 0 Å². The van der Waals surface area contributed by atoms with Crippen molar-refractivity contribution in [3.05, 3.63) is 53.3 Å². The zero-order valence-electron chi connectivity index (χ0n) is 13.9. The summed E-state index contributed by atoms with van der Waals surface area (Å²) in [7, 11) is 0. The maximum absolute atomic E-state index is 13.0. The first-order valence-electron chi connectivity index (χ1n) is 8.55. The summed E-state index contributed by atoms with van der Waals surface area (Å²) in [6.07, 6.45) is 6.94. The van der Waals surface area contributed by atoms with Gasteiger partial charge in [-0.1, -0.05) is 24.3 Å². The fraction of sp³-hybridized carbons (Fsp3) is 0.400. The molecule has 1 spiro atoms. The van der Waals surface area contributed by atoms with Gasteiger partial charge in [-0.2, -0.15) is 0 Å². The molecule has 0 N–H and O–H groups in total. The minimum atomic E-state index is -0.185. The number of para-hydroxylation sites is 1. The Morgan fingerprint density at radius 3 is 2.71 bits per heavy atom. The second-order valence-electron chi connectivity index (χ2n) is 6.94. The smallest absolute Gasteiger partial charge is 0.219 e. The molecule has 1 amide bonds. The highest BCUT2D eigenvalue weighted by atomic mass is 16.5. The summed E-state index contributed by atoms with van der Waals surface area (Å²) in [6.45, 7) is 3.03. The molecule has 124 valence electrons. The van der Waals surface area contributed by atoms with Gasteiger partial charge in [0.25, 0.3) is 0 Å². The van der Waals surface area contributed by atoms with E-state index in [0.29, 0.717) is 25.3 Å². The molecule has 2 aliphatic heterocycles. The maximum Gasteiger partial charge on any atom is 0.219 e. The third-order valence-corrected chi connectivity index (χ3v) is 5.54. The van der Waals surface area contributed by atoms with Gasteiger partial charge in [0.05, 0.1) is 0 Å². The van der Waals surface area contributed by atoms with E-state index >= 15 is 0 Å². The molecule has 4 heteroatoms. The first-order chi connectivity index (χ1) is 11.6. The topological polar surface area (TPSA) is 46.6 Å². The number of benzene rings is 1. The number of ketones is 1. The number of likely N-dealkylation sites (tertiary alicyclic amines) is 1. The van der Waals surface area contributed by atoms with Gasteiger partial charge in [-0.05, 0) is 31.4 Å². The predicted molar refractivity (Wildman–Crippen MR) is 90.5 cm³/mol. The highest BCUT2D eigenvalue weighted by Gasteiger charge is 2.44. The Balaban J connectivity index is 1.71. The maximum atomic E-state index is 13.0. The molecule has 3 aliphatic rings. The summed E-state index contributed by atoms with van der Waals surface area (Å²) < 4.78 is 6.12. The summed E-state index contributed by atoms with van der Waals surface area (Å²) in [5.74, 6) is 1.75. The van der Waals surface area contributed by atoms with E-state index in [1.165, 1.54) is 0 Å². The number of allylic oxidation sites excluding steroid dienone is 3. The van der Waals surface area contributed by atoms with E-state index < -0.39 is 0 Å². The molecule has 0 unspecified atom stereocenters. The van der Waals surface area contributed by atoms with Crippen molar-refractivity contribution in [2.45, 2.75) is 32.6 Å². The van der Waals surface area contributed by atoms with Crippen molar-refractivity contribution < 1.29 is 14.3 Å². The van der Waals surface area contributed by atoms with E-state index in [4.69, 9.17) is 4.74 Å². The van der Waals surface area contributed by atoms with Crippen LogP contribution in [-0.4, -0.2) is 29.7 Å². The molecular weight excluding hydrogens is 302 g/mol. The molecule has 24 heavy (non-hydrogen) atoms. The molecule has 4 rings (SSSR count). The molecule has 1 aromatic rings. The van der Waals surface area contributed by atoms with Gasteiger partial charge in [0.1, 0.15) is 11.5 Å². The quantitative estimate of drug-likeness (QED) is 0.737. The standard InChI is InChI=1S/C20H21NO3/c1-14(22)21-11-9-20(10-12-21)8-4-7-18-19(20)16(23)13-15-5-2-3-6-17(15)24-18/h2-7H,8-13H2,1H3. The zero-order valence-corrected chi connectivity index (χ0v) is 13.9. The van der Waals surface area contributed by atoms with Gasteiger partial charge in [-0.25, -0.2) is 0 Å². The molecule has 1 aliphatic carbocycles. The van der Waals surface area contributed by atoms with Crippen molar-refractivity contribution in [2.75, 3.05) is 13.1 Å². The second-order valence-corrected chi connectivity index (χ2v) is 6.94. The van der Waals surface area contributed by atoms with E-state index in [-0.39, 0.29) is 17.1 Å². The zero-order chi connectivity index (χ0) is 16.7. The van der Waals surface area contributed by atoms with Crippen LogP contribution in [0.15, 0.2) is 47.7 Å². The van der Waals surface area contributed by atoms with Gasteiger partial charge in [-0.15, -0.1) is 0 Å². The lowest BCUT2D eigenvalue weighted by atomic mass is 9.66. The summed E-state index contributed by atoms with van der Waals surface area (Å²) in [5.41, 5.74) is 1.60. The Kier molecular flexibility index (Phi) is 3.56. The van der Waals surface area contributed by atoms with E-state index in [1.54, 1.807) is 6.92 Å². The number of piperidine rings is 1. The van der Waals surface area contributed by atoms with Gasteiger partial charge in [0.15, 0.2) is 5.78 Å². The molecule has 0 atom stereocenters. The number of rotatable bonds is 0. The van der Waals surface area contributed by atoms with E-state index in [9.17, 15) is 9.59 Å². The molecule has 0 bridgehead atoms. The molecule has 0 saturated carbocycles. The summed E-state index contributed by atoms with van der Waals surface area (Å²) in [4.78, 5) is 26.6. The first-order valence-corrected chi connectivity index (χ1v) is 8.55. The van der Waals surface area contributed by atoms with Crippen molar-refractivity contribution in [2.24, 2.45) is 5.41 Å². The molecule has 2 heterocycles. The normalized spacial score (nSPS) is 21.9. The van der Waals surface area contributed by atoms with E-state index in [0.717, 1.165) is 36.1 Å². The molecule has 4 nitrogen and oxygen atoms in total. The Morgan fingerprint density at radius 2 is 1.96 bits per heavy atom. The Hall–Kier alpha value is -2.36. The van der Waals surface area contributed by atoms with Gasteiger partial charge >= 0.3 is 0 Å². The predicted octanol–water partition coefficient (Wildman–Crippen LogP) is 3.03. The number of nitrogens with zero attached hydrogens (tertiary/aromatic N) is 1. The lowest BCUT2D eigenvalue weighted by Crippen LogP contribution is -2.45. The van der Waals surface area contributed by atoms with Crippen LogP contribution in [-0.2, 0) is 16.0 Å². The van der Waals surface area contributed by atoms with Crippen molar-refractivity contribution >= 4 is 11.7 Å². The van der Waals surface area contributed by atoms with Crippen LogP contribution in [0.2, 0.25) is 0 Å². The third-order valence-electron chi connectivity index (χ3n) is 5.54. The number of fused-ring (bicyclic) bond motifs is 2. The Morgan fingerprint density at radius 1 is 1.21 bits per heavy atom. The number of amides is 1. The van der Waals surface area contributed by atoms with Crippen LogP contribution in [0.25, 0.3) is 0 Å². The number of Topliss-reactive ketones (excluding diaryl/α,β-unsaturated/α-hetero) is 1. The van der Waals surface area contributed by atoms with Crippen molar-refractivity contribution in [1.29, 1.82) is 0 Å². The van der Waals surface area contributed by atoms with Crippen molar-refractivity contribution in [1.82, 2.24) is 4.90 Å². The van der Waals surface area contributed by atoms with Crippen LogP contribution < -0.4 is 4.74 Å². The number of carbonyl (C=O) groups is 2. The number of hydrogen-bond donors (Lipinski definition) is 0. The first kappa shape index (κ1) is 15.2. The fourth-order valence-corrected chi connectivity index (χ4v) is 4.19. The third kappa shape index (κ3) is 2.37. The second kappa shape index (κ2) is 5.62. The fourth-order valence-electron chi connectivity index (χ4n) is 4.19. The molecule has 0 radical (unpaired) electrons. The summed E-state index contributed by atoms with van der Waals surface area (Å²) >= 11 is 0. The average molecular weight is 323 g/mol. The lowest BCUT2D eigenvalue weighted by Gasteiger charge is -2.43. The van der Waals surface area contributed by atoms with Crippen LogP contribution >= 0.6 is 0 Å². The Bertz CT molecular complexity index is 767. The number of hydrogen-bond acceptors (Lipinski definition) is 3. The minimum absolute atomic E-state index is 0.112. The lowest BCUT2D eigenvalue weighted by molar-refractivity contribution is -0.130. The van der Waals surface area contributed by atoms with Crippen LogP contribution in [0, 0.1) is 5.41 Å². The van der Waals surface area contributed by atoms with Gasteiger partial charge in [-0.3, -0.25) is 9.59 Å². The monoisotopic (exact) mass is 323 g/mol. The number of ether oxygens (including phenoxy) is 1. The van der Waals surface area contributed by atoms with Gasteiger partial charge in [0.2, 0.25) is 5.91 Å². The number of carbonyl (C=O) groups excluding carboxylic acids is 2. The van der Waals surface area contributed by atoms with E-state index in [1.807, 2.05) is 35.2 Å². The molecule has 1 saturated heterocycles. The highest BCUT2D eigenvalue weighted by molar-refractivity contribution is 6.00. The van der Waals surface area contributed by atoms with Crippen LogP contribution in [0.1, 0.15) is 31.7 Å². The summed E-state index contributed by atoms with van der Waals surface area (Å²) in [6, 6.07) is 7.76. The molecule has 0 aromatic heterocycles. The molecule has 1 aromatic carbocycles. The summed E-state index contributed by atoms with van der Waals surface area (Å²) in [5, 5.41) is 0. The highest BCUT2D eigenvalue weighted by Crippen LogP contribution is 2.48. The van der Waals surface area contributed by atoms with E-state index in [2.05, 4.69) is 6.08 Å². The Labute approximate surface area is 141 Å². The van der Waals surface area contributed by atoms with Crippen LogP contribution in [0.3, 0.4) is 0 Å². The largest absolute Gasteiger partial charge is 0.457 e.